The number of aromatic nitrogens is 1. The third-order valence-electron chi connectivity index (χ3n) is 5.44. The molecule has 1 unspecified atom stereocenters. The summed E-state index contributed by atoms with van der Waals surface area (Å²) < 4.78 is 24.0. The summed E-state index contributed by atoms with van der Waals surface area (Å²) in [5.41, 5.74) is 1.12. The van der Waals surface area contributed by atoms with Gasteiger partial charge in [0.05, 0.1) is 31.1 Å². The zero-order valence-corrected chi connectivity index (χ0v) is 18.0. The molecule has 2 aromatic carbocycles. The molecule has 1 atom stereocenters. The van der Waals surface area contributed by atoms with Crippen molar-refractivity contribution in [3.8, 4) is 11.5 Å². The monoisotopic (exact) mass is 448 g/mol. The van der Waals surface area contributed by atoms with Crippen LogP contribution in [0.1, 0.15) is 22.9 Å². The van der Waals surface area contributed by atoms with Gasteiger partial charge in [0.2, 0.25) is 0 Å². The maximum Gasteiger partial charge on any atom is 0.296 e. The Hall–Kier alpha value is -4.20. The van der Waals surface area contributed by atoms with Gasteiger partial charge in [0.25, 0.3) is 11.7 Å². The van der Waals surface area contributed by atoms with Crippen molar-refractivity contribution >= 4 is 17.4 Å². The van der Waals surface area contributed by atoms with Crippen molar-refractivity contribution in [3.05, 3.63) is 95.1 Å². The van der Waals surface area contributed by atoms with Gasteiger partial charge in [-0.3, -0.25) is 14.6 Å². The lowest BCUT2D eigenvalue weighted by molar-refractivity contribution is -0.140. The molecule has 2 heterocycles. The molecular weight excluding hydrogens is 427 g/mol. The number of hydrogen-bond donors (Lipinski definition) is 1. The van der Waals surface area contributed by atoms with E-state index in [2.05, 4.69) is 4.98 Å². The number of rotatable bonds is 6. The van der Waals surface area contributed by atoms with Crippen molar-refractivity contribution in [3.63, 3.8) is 0 Å². The number of carbonyl (C=O) groups is 2. The van der Waals surface area contributed by atoms with Gasteiger partial charge in [0.1, 0.15) is 29.1 Å². The van der Waals surface area contributed by atoms with Gasteiger partial charge in [-0.25, -0.2) is 4.39 Å². The first-order valence-electron chi connectivity index (χ1n) is 10.1. The van der Waals surface area contributed by atoms with Crippen LogP contribution in [0.15, 0.2) is 72.4 Å². The normalized spacial score (nSPS) is 17.3. The second kappa shape index (κ2) is 9.12. The van der Waals surface area contributed by atoms with E-state index in [0.717, 1.165) is 0 Å². The number of carbonyl (C=O) groups excluding carboxylic acids is 2. The summed E-state index contributed by atoms with van der Waals surface area (Å²) >= 11 is 0. The number of nitrogens with zero attached hydrogens (tertiary/aromatic N) is 2. The molecule has 3 aromatic rings. The van der Waals surface area contributed by atoms with Crippen LogP contribution in [-0.4, -0.2) is 40.9 Å². The topological polar surface area (TPSA) is 89.0 Å². The van der Waals surface area contributed by atoms with Crippen molar-refractivity contribution < 1.29 is 28.6 Å². The highest BCUT2D eigenvalue weighted by molar-refractivity contribution is 6.46. The first-order chi connectivity index (χ1) is 15.9. The number of amides is 1. The quantitative estimate of drug-likeness (QED) is 0.350. The highest BCUT2D eigenvalue weighted by Gasteiger charge is 2.47. The summed E-state index contributed by atoms with van der Waals surface area (Å²) in [4.78, 5) is 31.8. The fraction of sp³-hybridized carbons (Fsp3) is 0.160. The molecule has 1 aliphatic heterocycles. The molecule has 1 fully saturated rings. The van der Waals surface area contributed by atoms with E-state index in [1.165, 1.54) is 49.5 Å². The molecule has 4 rings (SSSR count). The smallest absolute Gasteiger partial charge is 0.296 e. The summed E-state index contributed by atoms with van der Waals surface area (Å²) in [5.74, 6) is -1.72. The Morgan fingerprint density at radius 3 is 2.45 bits per heavy atom. The van der Waals surface area contributed by atoms with Crippen LogP contribution in [0.4, 0.5) is 4.39 Å². The SMILES string of the molecule is COc1ccc(OC)c(/C(O)=C2\C(=O)C(=O)N(Cc3ccc(F)cc3)C2c2ccccn2)c1. The Balaban J connectivity index is 1.88. The average Bonchev–Trinajstić information content (AvgIpc) is 3.10. The van der Waals surface area contributed by atoms with Gasteiger partial charge in [-0.15, -0.1) is 0 Å². The Morgan fingerprint density at radius 1 is 1.06 bits per heavy atom. The number of ketones is 1. The van der Waals surface area contributed by atoms with Crippen molar-refractivity contribution in [2.75, 3.05) is 14.2 Å². The molecule has 8 heteroatoms. The Bertz CT molecular complexity index is 1230. The number of Topliss-reactive ketones (excluding diaryl/α,β-unsaturated/α-hetero) is 1. The third-order valence-corrected chi connectivity index (χ3v) is 5.44. The number of benzene rings is 2. The summed E-state index contributed by atoms with van der Waals surface area (Å²) in [7, 11) is 2.91. The largest absolute Gasteiger partial charge is 0.507 e. The van der Waals surface area contributed by atoms with Crippen LogP contribution >= 0.6 is 0 Å². The summed E-state index contributed by atoms with van der Waals surface area (Å²) in [6, 6.07) is 14.6. The van der Waals surface area contributed by atoms with Gasteiger partial charge in [-0.05, 0) is 48.0 Å². The molecule has 7 nitrogen and oxygen atoms in total. The van der Waals surface area contributed by atoms with Crippen LogP contribution in [-0.2, 0) is 16.1 Å². The molecule has 168 valence electrons. The number of ether oxygens (including phenoxy) is 2. The Morgan fingerprint density at radius 2 is 1.82 bits per heavy atom. The van der Waals surface area contributed by atoms with Crippen molar-refractivity contribution in [2.24, 2.45) is 0 Å². The second-order valence-electron chi connectivity index (χ2n) is 7.37. The van der Waals surface area contributed by atoms with E-state index in [4.69, 9.17) is 9.47 Å². The number of methoxy groups -OCH3 is 2. The van der Waals surface area contributed by atoms with Gasteiger partial charge < -0.3 is 19.5 Å². The average molecular weight is 448 g/mol. The lowest BCUT2D eigenvalue weighted by Crippen LogP contribution is -2.29. The van der Waals surface area contributed by atoms with E-state index in [1.54, 1.807) is 36.5 Å². The van der Waals surface area contributed by atoms with Gasteiger partial charge in [0.15, 0.2) is 0 Å². The first kappa shape index (κ1) is 22.0. The van der Waals surface area contributed by atoms with Gasteiger partial charge >= 0.3 is 0 Å². The minimum absolute atomic E-state index is 0.0259. The van der Waals surface area contributed by atoms with Gasteiger partial charge in [-0.2, -0.15) is 0 Å². The molecule has 33 heavy (non-hydrogen) atoms. The van der Waals surface area contributed by atoms with E-state index in [0.29, 0.717) is 22.8 Å². The zero-order valence-electron chi connectivity index (χ0n) is 18.0. The Kier molecular flexibility index (Phi) is 6.08. The summed E-state index contributed by atoms with van der Waals surface area (Å²) in [6.45, 7) is 0.0259. The van der Waals surface area contributed by atoms with E-state index in [-0.39, 0.29) is 17.7 Å². The van der Waals surface area contributed by atoms with E-state index in [1.807, 2.05) is 0 Å². The zero-order chi connectivity index (χ0) is 23.5. The Labute approximate surface area is 189 Å². The number of halogens is 1. The van der Waals surface area contributed by atoms with Gasteiger partial charge in [-0.1, -0.05) is 18.2 Å². The number of aliphatic hydroxyl groups is 1. The van der Waals surface area contributed by atoms with E-state index in [9.17, 15) is 19.1 Å². The molecule has 1 saturated heterocycles. The highest BCUT2D eigenvalue weighted by Crippen LogP contribution is 2.41. The molecule has 1 N–H and O–H groups in total. The summed E-state index contributed by atoms with van der Waals surface area (Å²) in [5, 5.41) is 11.3. The lowest BCUT2D eigenvalue weighted by atomic mass is 9.97. The van der Waals surface area contributed by atoms with Crippen molar-refractivity contribution in [2.45, 2.75) is 12.6 Å². The third kappa shape index (κ3) is 4.15. The molecule has 1 aliphatic rings. The van der Waals surface area contributed by atoms with Crippen LogP contribution in [0.5, 0.6) is 11.5 Å². The molecule has 1 amide bonds. The molecule has 0 saturated carbocycles. The maximum atomic E-state index is 13.4. The molecule has 1 aromatic heterocycles. The molecule has 0 bridgehead atoms. The standard InChI is InChI=1S/C25H21FN2O5/c1-32-17-10-11-20(33-2)18(13-17)23(29)21-22(19-5-3-4-12-27-19)28(25(31)24(21)30)14-15-6-8-16(26)9-7-15/h3-13,22,29H,14H2,1-2H3/b23-21+. The minimum atomic E-state index is -0.952. The first-order valence-corrected chi connectivity index (χ1v) is 10.1. The molecule has 0 aliphatic carbocycles. The van der Waals surface area contributed by atoms with Crippen LogP contribution < -0.4 is 9.47 Å². The highest BCUT2D eigenvalue weighted by atomic mass is 19.1. The second-order valence-corrected chi connectivity index (χ2v) is 7.37. The number of hydrogen-bond acceptors (Lipinski definition) is 6. The number of aliphatic hydroxyl groups excluding tert-OH is 1. The fourth-order valence-electron chi connectivity index (χ4n) is 3.82. The van der Waals surface area contributed by atoms with Crippen molar-refractivity contribution in [1.82, 2.24) is 9.88 Å². The van der Waals surface area contributed by atoms with Crippen LogP contribution in [0.2, 0.25) is 0 Å². The van der Waals surface area contributed by atoms with E-state index >= 15 is 0 Å². The van der Waals surface area contributed by atoms with Crippen LogP contribution in [0, 0.1) is 5.82 Å². The van der Waals surface area contributed by atoms with Crippen molar-refractivity contribution in [1.29, 1.82) is 0 Å². The van der Waals surface area contributed by atoms with Gasteiger partial charge in [0, 0.05) is 12.7 Å². The van der Waals surface area contributed by atoms with E-state index < -0.39 is 29.3 Å². The lowest BCUT2D eigenvalue weighted by Gasteiger charge is -2.24. The summed E-state index contributed by atoms with van der Waals surface area (Å²) in [6.07, 6.45) is 1.54. The minimum Gasteiger partial charge on any atom is -0.507 e. The molecular formula is C25H21FN2O5. The number of likely N-dealkylation sites (tertiary alicyclic amines) is 1. The molecule has 0 radical (unpaired) electrons. The predicted molar refractivity (Wildman–Crippen MR) is 118 cm³/mol. The molecule has 0 spiro atoms. The van der Waals surface area contributed by atoms with Crippen LogP contribution in [0.3, 0.4) is 0 Å². The van der Waals surface area contributed by atoms with Crippen LogP contribution in [0.25, 0.3) is 5.76 Å². The number of pyridine rings is 1. The predicted octanol–water partition coefficient (Wildman–Crippen LogP) is 3.86. The fourth-order valence-corrected chi connectivity index (χ4v) is 3.82. The maximum absolute atomic E-state index is 13.4.